The van der Waals surface area contributed by atoms with Crippen molar-refractivity contribution in [1.29, 1.82) is 0 Å². The van der Waals surface area contributed by atoms with Crippen LogP contribution in [0.1, 0.15) is 13.8 Å². The highest BCUT2D eigenvalue weighted by Crippen LogP contribution is 1.58. The van der Waals surface area contributed by atoms with Gasteiger partial charge in [0.05, 0.1) is 0 Å². The smallest absolute Gasteiger partial charge is 0.107 e. The summed E-state index contributed by atoms with van der Waals surface area (Å²) >= 11 is 0. The summed E-state index contributed by atoms with van der Waals surface area (Å²) < 4.78 is 10.6. The molecule has 0 aromatic rings. The number of halogens is 1. The first-order chi connectivity index (χ1) is 4.91. The van der Waals surface area contributed by atoms with Gasteiger partial charge in [0, 0.05) is 0 Å². The molecule has 62 valence electrons. The van der Waals surface area contributed by atoms with Gasteiger partial charge in [-0.25, -0.2) is 4.39 Å². The molecule has 0 amide bonds. The molecule has 0 rings (SSSR count). The molecule has 0 nitrogen and oxygen atoms in total. The van der Waals surface area contributed by atoms with Crippen LogP contribution in [0.3, 0.4) is 0 Å². The van der Waals surface area contributed by atoms with Crippen LogP contribution in [0, 0.1) is 0 Å². The lowest BCUT2D eigenvalue weighted by Gasteiger charge is -1.54. The molecule has 0 atom stereocenters. The average molecular weight is 146 g/mol. The van der Waals surface area contributed by atoms with Gasteiger partial charge in [-0.05, 0) is 0 Å². The van der Waals surface area contributed by atoms with Gasteiger partial charge in [-0.15, -0.1) is 32.9 Å². The van der Waals surface area contributed by atoms with E-state index >= 15 is 0 Å². The number of rotatable bonds is 1. The fraction of sp³-hybridized carbons (Fsp3) is 0.333. The van der Waals surface area contributed by atoms with Crippen LogP contribution in [0.5, 0.6) is 0 Å². The molecule has 10 heavy (non-hydrogen) atoms. The molecule has 0 aliphatic rings. The SMILES string of the molecule is C=C.C=C.C=CCF.CC. The molecule has 0 aliphatic carbocycles. The number of hydrogen-bond donors (Lipinski definition) is 0. The molecule has 0 fully saturated rings. The van der Waals surface area contributed by atoms with Crippen LogP contribution >= 0.6 is 0 Å². The molecule has 0 unspecified atom stereocenters. The number of allylic oxidation sites excluding steroid dienone is 1. The van der Waals surface area contributed by atoms with Crippen molar-refractivity contribution in [3.63, 3.8) is 0 Å². The van der Waals surface area contributed by atoms with Crippen molar-refractivity contribution in [1.82, 2.24) is 0 Å². The number of alkyl halides is 1. The number of hydrogen-bond acceptors (Lipinski definition) is 0. The minimum absolute atomic E-state index is 0.417. The summed E-state index contributed by atoms with van der Waals surface area (Å²) in [5, 5.41) is 0. The summed E-state index contributed by atoms with van der Waals surface area (Å²) in [7, 11) is 0. The van der Waals surface area contributed by atoms with Crippen LogP contribution in [-0.2, 0) is 0 Å². The lowest BCUT2D eigenvalue weighted by molar-refractivity contribution is 0.562. The predicted octanol–water partition coefficient (Wildman–Crippen LogP) is 3.77. The van der Waals surface area contributed by atoms with Crippen molar-refractivity contribution >= 4 is 0 Å². The summed E-state index contributed by atoms with van der Waals surface area (Å²) in [5.41, 5.74) is 0. The highest BCUT2D eigenvalue weighted by atomic mass is 19.1. The normalized spacial score (nSPS) is 3.90. The molecule has 0 saturated heterocycles. The highest BCUT2D eigenvalue weighted by molar-refractivity contribution is 4.61. The molecule has 0 saturated carbocycles. The van der Waals surface area contributed by atoms with Crippen molar-refractivity contribution in [3.8, 4) is 0 Å². The largest absolute Gasteiger partial charge is 0.247 e. The van der Waals surface area contributed by atoms with Gasteiger partial charge in [0.1, 0.15) is 6.67 Å². The van der Waals surface area contributed by atoms with Crippen molar-refractivity contribution in [3.05, 3.63) is 39.0 Å². The quantitative estimate of drug-likeness (QED) is 0.494. The highest BCUT2D eigenvalue weighted by Gasteiger charge is 1.49. The maximum Gasteiger partial charge on any atom is 0.107 e. The van der Waals surface area contributed by atoms with Gasteiger partial charge < -0.3 is 0 Å². The third kappa shape index (κ3) is 12000. The van der Waals surface area contributed by atoms with Crippen molar-refractivity contribution in [2.45, 2.75) is 13.8 Å². The summed E-state index contributed by atoms with van der Waals surface area (Å²) in [6.07, 6.45) is 1.21. The van der Waals surface area contributed by atoms with Gasteiger partial charge in [0.2, 0.25) is 0 Å². The minimum Gasteiger partial charge on any atom is -0.247 e. The van der Waals surface area contributed by atoms with Crippen LogP contribution in [-0.4, -0.2) is 6.67 Å². The first-order valence-electron chi connectivity index (χ1n) is 3.08. The van der Waals surface area contributed by atoms with E-state index in [9.17, 15) is 4.39 Å². The van der Waals surface area contributed by atoms with E-state index in [1.807, 2.05) is 13.8 Å². The molecule has 0 bridgehead atoms. The van der Waals surface area contributed by atoms with Crippen LogP contribution < -0.4 is 0 Å². The van der Waals surface area contributed by atoms with Crippen LogP contribution in [0.25, 0.3) is 0 Å². The van der Waals surface area contributed by atoms with Gasteiger partial charge in [-0.2, -0.15) is 0 Å². The Morgan fingerprint density at radius 1 is 1.10 bits per heavy atom. The monoisotopic (exact) mass is 146 g/mol. The fourth-order valence-electron chi connectivity index (χ4n) is 0. The minimum atomic E-state index is -0.417. The van der Waals surface area contributed by atoms with Crippen LogP contribution in [0.2, 0.25) is 0 Å². The van der Waals surface area contributed by atoms with E-state index in [1.54, 1.807) is 0 Å². The molecule has 0 heterocycles. The Hall–Kier alpha value is -0.850. The zero-order valence-corrected chi connectivity index (χ0v) is 7.20. The molecule has 0 aromatic heterocycles. The molecule has 1 heteroatoms. The maximum atomic E-state index is 10.6. The van der Waals surface area contributed by atoms with Crippen LogP contribution in [0.4, 0.5) is 4.39 Å². The average Bonchev–Trinajstić information content (AvgIpc) is 2.14. The van der Waals surface area contributed by atoms with E-state index in [4.69, 9.17) is 0 Å². The lowest BCUT2D eigenvalue weighted by Crippen LogP contribution is -1.48. The van der Waals surface area contributed by atoms with E-state index in [0.29, 0.717) is 0 Å². The molecule has 0 radical (unpaired) electrons. The van der Waals surface area contributed by atoms with E-state index < -0.39 is 6.67 Å². The van der Waals surface area contributed by atoms with Gasteiger partial charge >= 0.3 is 0 Å². The van der Waals surface area contributed by atoms with Crippen molar-refractivity contribution < 1.29 is 4.39 Å². The molecule has 0 aromatic carbocycles. The Morgan fingerprint density at radius 3 is 1.20 bits per heavy atom. The molecule has 0 spiro atoms. The summed E-state index contributed by atoms with van der Waals surface area (Å²) in [6, 6.07) is 0. The third-order valence-corrected chi connectivity index (χ3v) is 0.109. The Bertz CT molecular complexity index is 31.7. The van der Waals surface area contributed by atoms with E-state index in [1.165, 1.54) is 6.08 Å². The zero-order valence-electron chi connectivity index (χ0n) is 7.20. The van der Waals surface area contributed by atoms with Gasteiger partial charge in [-0.3, -0.25) is 0 Å². The van der Waals surface area contributed by atoms with E-state index in [2.05, 4.69) is 32.9 Å². The molecule has 0 aliphatic heterocycles. The van der Waals surface area contributed by atoms with Crippen molar-refractivity contribution in [2.24, 2.45) is 0 Å². The Kier molecular flexibility index (Phi) is 722. The first kappa shape index (κ1) is 22.9. The summed E-state index contributed by atoms with van der Waals surface area (Å²) in [5.74, 6) is 0. The second-order valence-corrected chi connectivity index (χ2v) is 0.443. The van der Waals surface area contributed by atoms with E-state index in [0.717, 1.165) is 0 Å². The third-order valence-electron chi connectivity index (χ3n) is 0.109. The Morgan fingerprint density at radius 2 is 1.20 bits per heavy atom. The van der Waals surface area contributed by atoms with Gasteiger partial charge in [0.25, 0.3) is 0 Å². The first-order valence-corrected chi connectivity index (χ1v) is 3.08. The zero-order chi connectivity index (χ0) is 9.41. The van der Waals surface area contributed by atoms with Gasteiger partial charge in [0.15, 0.2) is 0 Å². The van der Waals surface area contributed by atoms with Gasteiger partial charge in [-0.1, -0.05) is 19.9 Å². The predicted molar refractivity (Wildman–Crippen MR) is 50.0 cm³/mol. The summed E-state index contributed by atoms with van der Waals surface area (Å²) in [4.78, 5) is 0. The second kappa shape index (κ2) is 315. The molecular formula is C9H19F. The van der Waals surface area contributed by atoms with E-state index in [-0.39, 0.29) is 0 Å². The maximum absolute atomic E-state index is 10.6. The Labute approximate surface area is 64.8 Å². The standard InChI is InChI=1S/C3H5F.C2H6.2C2H4/c1-2-3-4;3*1-2/h2H,1,3H2;1-2H3;2*1-2H2. The fourth-order valence-corrected chi connectivity index (χ4v) is 0. The second-order valence-electron chi connectivity index (χ2n) is 0.443. The topological polar surface area (TPSA) is 0 Å². The van der Waals surface area contributed by atoms with Crippen molar-refractivity contribution in [2.75, 3.05) is 6.67 Å². The molecular weight excluding hydrogens is 127 g/mol. The Balaban J connectivity index is -0.0000000262. The molecule has 0 N–H and O–H groups in total. The summed E-state index contributed by atoms with van der Waals surface area (Å²) in [6.45, 7) is 18.7. The lowest BCUT2D eigenvalue weighted by atomic mass is 10.7. The van der Waals surface area contributed by atoms with Crippen LogP contribution in [0.15, 0.2) is 39.0 Å².